The zero-order valence-corrected chi connectivity index (χ0v) is 12.5. The van der Waals surface area contributed by atoms with Crippen LogP contribution in [0.1, 0.15) is 46.5 Å². The summed E-state index contributed by atoms with van der Waals surface area (Å²) >= 11 is 0. The molecule has 0 heterocycles. The molecular weight excluding hydrogens is 253 g/mol. The van der Waals surface area contributed by atoms with E-state index in [1.165, 1.54) is 4.90 Å². The summed E-state index contributed by atoms with van der Waals surface area (Å²) < 4.78 is 37.7. The fraction of sp³-hybridized carbons (Fsp3) is 1.00. The van der Waals surface area contributed by atoms with E-state index in [9.17, 15) is 13.2 Å². The number of nitrogens with one attached hydrogen (secondary N) is 1. The van der Waals surface area contributed by atoms with E-state index in [0.29, 0.717) is 0 Å². The molecule has 2 nitrogen and oxygen atoms in total. The number of hydrogen-bond donors (Lipinski definition) is 1. The van der Waals surface area contributed by atoms with Gasteiger partial charge in [-0.1, -0.05) is 27.2 Å². The number of alkyl halides is 3. The van der Waals surface area contributed by atoms with Gasteiger partial charge in [-0.2, -0.15) is 13.2 Å². The van der Waals surface area contributed by atoms with Gasteiger partial charge >= 0.3 is 6.18 Å². The molecule has 0 aromatic carbocycles. The first-order chi connectivity index (χ1) is 8.67. The molecule has 0 aromatic heterocycles. The summed E-state index contributed by atoms with van der Waals surface area (Å²) in [5.74, 6) is 0. The highest BCUT2D eigenvalue weighted by Crippen LogP contribution is 2.38. The van der Waals surface area contributed by atoms with Crippen molar-refractivity contribution >= 4 is 0 Å². The lowest BCUT2D eigenvalue weighted by atomic mass is 9.70. The second kappa shape index (κ2) is 6.44. The highest BCUT2D eigenvalue weighted by molar-refractivity contribution is 4.97. The molecule has 5 heteroatoms. The number of likely N-dealkylation sites (N-methyl/N-ethyl adjacent to an activating group) is 1. The summed E-state index contributed by atoms with van der Waals surface area (Å²) in [4.78, 5) is 1.48. The van der Waals surface area contributed by atoms with E-state index < -0.39 is 12.7 Å². The molecule has 0 saturated heterocycles. The molecule has 1 aliphatic rings. The average molecular weight is 280 g/mol. The standard InChI is InChI=1S/C14H27F3N2/c1-5-9-18-12-11(7-6-8-13(12,2)3)19(4)10-14(15,16)17/h11-12,18H,5-10H2,1-4H3. The Labute approximate surface area is 114 Å². The van der Waals surface area contributed by atoms with Crippen LogP contribution in [0.25, 0.3) is 0 Å². The molecule has 1 rings (SSSR count). The first kappa shape index (κ1) is 16.8. The molecule has 1 saturated carbocycles. The van der Waals surface area contributed by atoms with Crippen LogP contribution in [-0.4, -0.2) is 43.3 Å². The maximum atomic E-state index is 12.6. The predicted molar refractivity (Wildman–Crippen MR) is 72.2 cm³/mol. The van der Waals surface area contributed by atoms with Crippen LogP contribution in [0.3, 0.4) is 0 Å². The van der Waals surface area contributed by atoms with Crippen LogP contribution in [0.15, 0.2) is 0 Å². The Morgan fingerprint density at radius 1 is 1.32 bits per heavy atom. The van der Waals surface area contributed by atoms with Gasteiger partial charge in [-0.05, 0) is 38.3 Å². The van der Waals surface area contributed by atoms with Crippen LogP contribution in [0.5, 0.6) is 0 Å². The van der Waals surface area contributed by atoms with Crippen molar-refractivity contribution in [2.45, 2.75) is 64.7 Å². The van der Waals surface area contributed by atoms with E-state index in [0.717, 1.165) is 32.2 Å². The predicted octanol–water partition coefficient (Wildman–Crippen LogP) is 3.43. The van der Waals surface area contributed by atoms with Crippen molar-refractivity contribution in [3.63, 3.8) is 0 Å². The van der Waals surface area contributed by atoms with Gasteiger partial charge in [-0.3, -0.25) is 4.90 Å². The maximum absolute atomic E-state index is 12.6. The average Bonchev–Trinajstić information content (AvgIpc) is 2.23. The van der Waals surface area contributed by atoms with Gasteiger partial charge in [0.1, 0.15) is 0 Å². The van der Waals surface area contributed by atoms with Crippen LogP contribution >= 0.6 is 0 Å². The van der Waals surface area contributed by atoms with Crippen LogP contribution in [0, 0.1) is 5.41 Å². The topological polar surface area (TPSA) is 15.3 Å². The minimum atomic E-state index is -4.12. The van der Waals surface area contributed by atoms with Crippen LogP contribution in [0.4, 0.5) is 13.2 Å². The van der Waals surface area contributed by atoms with E-state index in [1.54, 1.807) is 7.05 Å². The summed E-state index contributed by atoms with van der Waals surface area (Å²) in [6.07, 6.45) is -0.194. The third kappa shape index (κ3) is 4.95. The smallest absolute Gasteiger partial charge is 0.312 e. The summed E-state index contributed by atoms with van der Waals surface area (Å²) in [5, 5.41) is 3.47. The number of nitrogens with zero attached hydrogens (tertiary/aromatic N) is 1. The third-order valence-corrected chi connectivity index (χ3v) is 4.16. The van der Waals surface area contributed by atoms with E-state index in [-0.39, 0.29) is 17.5 Å². The van der Waals surface area contributed by atoms with Gasteiger partial charge in [0.05, 0.1) is 6.54 Å². The van der Waals surface area contributed by atoms with Crippen molar-refractivity contribution < 1.29 is 13.2 Å². The van der Waals surface area contributed by atoms with Crippen molar-refractivity contribution in [1.82, 2.24) is 10.2 Å². The van der Waals surface area contributed by atoms with Gasteiger partial charge in [0.25, 0.3) is 0 Å². The zero-order valence-electron chi connectivity index (χ0n) is 12.5. The van der Waals surface area contributed by atoms with Crippen molar-refractivity contribution in [3.8, 4) is 0 Å². The molecule has 0 bridgehead atoms. The van der Waals surface area contributed by atoms with E-state index in [4.69, 9.17) is 0 Å². The quantitative estimate of drug-likeness (QED) is 0.830. The highest BCUT2D eigenvalue weighted by Gasteiger charge is 2.42. The number of hydrogen-bond acceptors (Lipinski definition) is 2. The maximum Gasteiger partial charge on any atom is 0.401 e. The van der Waals surface area contributed by atoms with Crippen molar-refractivity contribution in [3.05, 3.63) is 0 Å². The molecule has 1 N–H and O–H groups in total. The lowest BCUT2D eigenvalue weighted by Gasteiger charge is -2.48. The fourth-order valence-corrected chi connectivity index (χ4v) is 3.20. The summed E-state index contributed by atoms with van der Waals surface area (Å²) in [6, 6.07) is 0.102. The number of halogens is 3. The lowest BCUT2D eigenvalue weighted by Crippen LogP contribution is -2.59. The van der Waals surface area contributed by atoms with Crippen molar-refractivity contribution in [2.75, 3.05) is 20.1 Å². The van der Waals surface area contributed by atoms with Gasteiger partial charge in [0.15, 0.2) is 0 Å². The summed E-state index contributed by atoms with van der Waals surface area (Å²) in [7, 11) is 1.60. The SMILES string of the molecule is CCCNC1C(N(C)CC(F)(F)F)CCCC1(C)C. The van der Waals surface area contributed by atoms with Crippen LogP contribution in [0.2, 0.25) is 0 Å². The Hall–Kier alpha value is -0.290. The van der Waals surface area contributed by atoms with Crippen LogP contribution in [-0.2, 0) is 0 Å². The monoisotopic (exact) mass is 280 g/mol. The Morgan fingerprint density at radius 3 is 2.47 bits per heavy atom. The van der Waals surface area contributed by atoms with Crippen molar-refractivity contribution in [2.24, 2.45) is 5.41 Å². The largest absolute Gasteiger partial charge is 0.401 e. The van der Waals surface area contributed by atoms with Crippen molar-refractivity contribution in [1.29, 1.82) is 0 Å². The second-order valence-electron chi connectivity index (χ2n) is 6.41. The summed E-state index contributed by atoms with van der Waals surface area (Å²) in [6.45, 7) is 6.45. The molecule has 2 atom stereocenters. The molecule has 114 valence electrons. The van der Waals surface area contributed by atoms with E-state index >= 15 is 0 Å². The molecule has 2 unspecified atom stereocenters. The Kier molecular flexibility index (Phi) is 5.68. The van der Waals surface area contributed by atoms with Gasteiger partial charge in [0.2, 0.25) is 0 Å². The second-order valence-corrected chi connectivity index (χ2v) is 6.41. The molecule has 0 amide bonds. The Balaban J connectivity index is 2.76. The highest BCUT2D eigenvalue weighted by atomic mass is 19.4. The molecule has 0 aromatic rings. The van der Waals surface area contributed by atoms with E-state index in [2.05, 4.69) is 26.1 Å². The molecule has 19 heavy (non-hydrogen) atoms. The zero-order chi connectivity index (χ0) is 14.7. The van der Waals surface area contributed by atoms with Gasteiger partial charge in [-0.15, -0.1) is 0 Å². The fourth-order valence-electron chi connectivity index (χ4n) is 3.20. The molecule has 0 aliphatic heterocycles. The lowest BCUT2D eigenvalue weighted by molar-refractivity contribution is -0.151. The Bertz CT molecular complexity index is 276. The molecule has 1 aliphatic carbocycles. The molecule has 0 radical (unpaired) electrons. The minimum Gasteiger partial charge on any atom is -0.312 e. The minimum absolute atomic E-state index is 0.0306. The van der Waals surface area contributed by atoms with Gasteiger partial charge in [0, 0.05) is 12.1 Å². The van der Waals surface area contributed by atoms with E-state index in [1.807, 2.05) is 0 Å². The first-order valence-electron chi connectivity index (χ1n) is 7.18. The van der Waals surface area contributed by atoms with Gasteiger partial charge in [-0.25, -0.2) is 0 Å². The summed E-state index contributed by atoms with van der Waals surface area (Å²) in [5.41, 5.74) is 0.0535. The number of rotatable bonds is 5. The van der Waals surface area contributed by atoms with Crippen LogP contribution < -0.4 is 5.32 Å². The molecular formula is C14H27F3N2. The normalized spacial score (nSPS) is 27.8. The van der Waals surface area contributed by atoms with Gasteiger partial charge < -0.3 is 5.32 Å². The first-order valence-corrected chi connectivity index (χ1v) is 7.18. The molecule has 1 fully saturated rings. The molecule has 0 spiro atoms. The third-order valence-electron chi connectivity index (χ3n) is 4.16. The Morgan fingerprint density at radius 2 is 1.95 bits per heavy atom.